The van der Waals surface area contributed by atoms with Crippen molar-refractivity contribution in [1.82, 2.24) is 4.72 Å². The lowest BCUT2D eigenvalue weighted by atomic mass is 10.1. The molecular weight excluding hydrogens is 222 g/mol. The van der Waals surface area contributed by atoms with E-state index in [4.69, 9.17) is 5.73 Å². The summed E-state index contributed by atoms with van der Waals surface area (Å²) in [5, 5.41) is 19.8. The molecule has 4 N–H and O–H groups in total. The van der Waals surface area contributed by atoms with Crippen LogP contribution in [0.3, 0.4) is 0 Å². The molecule has 1 aromatic carbocycles. The number of nitrogens with two attached hydrogens (primary N) is 1. The normalized spacial score (nSPS) is 9.67. The van der Waals surface area contributed by atoms with E-state index in [2.05, 4.69) is 12.8 Å². The van der Waals surface area contributed by atoms with Crippen molar-refractivity contribution < 1.29 is 14.8 Å². The third-order valence-corrected chi connectivity index (χ3v) is 1.89. The minimum Gasteiger partial charge on any atom is -0.507 e. The number of amides is 1. The Balaban J connectivity index is 3.36. The van der Waals surface area contributed by atoms with Gasteiger partial charge in [-0.3, -0.25) is 19.6 Å². The van der Waals surface area contributed by atoms with Crippen LogP contribution in [0.2, 0.25) is 0 Å². The lowest BCUT2D eigenvalue weighted by Crippen LogP contribution is -2.13. The van der Waals surface area contributed by atoms with Crippen molar-refractivity contribution in [3.8, 4) is 5.75 Å². The van der Waals surface area contributed by atoms with Crippen molar-refractivity contribution in [3.63, 3.8) is 0 Å². The molecule has 0 unspecified atom stereocenters. The van der Waals surface area contributed by atoms with E-state index in [1.54, 1.807) is 0 Å². The standard InChI is InChI=1S/C7H7N3O4S/c8-4-2-6(11)3(7(12)9-15)1-5(4)10(13)14/h1-2,11,15H,8H2,(H,9,12). The SMILES string of the molecule is Nc1cc(O)c(C(=O)NS)cc1[N+](=O)[O-]. The van der Waals surface area contributed by atoms with Gasteiger partial charge in [-0.05, 0) is 0 Å². The third kappa shape index (κ3) is 2.10. The van der Waals surface area contributed by atoms with Gasteiger partial charge in [-0.15, -0.1) is 0 Å². The first-order valence-electron chi connectivity index (χ1n) is 3.68. The van der Waals surface area contributed by atoms with Gasteiger partial charge >= 0.3 is 0 Å². The van der Waals surface area contributed by atoms with Crippen molar-refractivity contribution in [2.24, 2.45) is 0 Å². The average Bonchev–Trinajstić information content (AvgIpc) is 2.16. The summed E-state index contributed by atoms with van der Waals surface area (Å²) in [4.78, 5) is 20.9. The van der Waals surface area contributed by atoms with Gasteiger partial charge in [0.05, 0.1) is 10.5 Å². The fourth-order valence-corrected chi connectivity index (χ4v) is 1.11. The Hall–Kier alpha value is -1.96. The van der Waals surface area contributed by atoms with E-state index in [-0.39, 0.29) is 11.3 Å². The fraction of sp³-hybridized carbons (Fsp3) is 0. The first-order chi connectivity index (χ1) is 6.97. The van der Waals surface area contributed by atoms with Gasteiger partial charge in [0.1, 0.15) is 11.4 Å². The summed E-state index contributed by atoms with van der Waals surface area (Å²) in [6.07, 6.45) is 0. The number of nitro groups is 1. The van der Waals surface area contributed by atoms with Crippen LogP contribution in [0.5, 0.6) is 5.75 Å². The van der Waals surface area contributed by atoms with Crippen molar-refractivity contribution in [2.45, 2.75) is 0 Å². The van der Waals surface area contributed by atoms with Gasteiger partial charge in [0.2, 0.25) is 0 Å². The quantitative estimate of drug-likeness (QED) is 0.254. The van der Waals surface area contributed by atoms with E-state index in [0.29, 0.717) is 0 Å². The Bertz CT molecular complexity index is 434. The average molecular weight is 229 g/mol. The third-order valence-electron chi connectivity index (χ3n) is 1.69. The zero-order chi connectivity index (χ0) is 11.6. The van der Waals surface area contributed by atoms with Gasteiger partial charge in [-0.1, -0.05) is 12.8 Å². The summed E-state index contributed by atoms with van der Waals surface area (Å²) in [6, 6.07) is 1.83. The van der Waals surface area contributed by atoms with Gasteiger partial charge < -0.3 is 10.8 Å². The highest BCUT2D eigenvalue weighted by Gasteiger charge is 2.19. The number of nitrogens with one attached hydrogen (secondary N) is 1. The summed E-state index contributed by atoms with van der Waals surface area (Å²) < 4.78 is 1.94. The fourth-order valence-electron chi connectivity index (χ4n) is 0.993. The molecule has 0 aromatic heterocycles. The van der Waals surface area contributed by atoms with Crippen LogP contribution < -0.4 is 10.5 Å². The highest BCUT2D eigenvalue weighted by atomic mass is 32.1. The molecule has 0 saturated carbocycles. The predicted octanol–water partition coefficient (Wildman–Crippen LogP) is 0.457. The molecule has 1 rings (SSSR count). The molecule has 1 amide bonds. The number of hydrogen-bond acceptors (Lipinski definition) is 6. The van der Waals surface area contributed by atoms with Crippen molar-refractivity contribution in [1.29, 1.82) is 0 Å². The van der Waals surface area contributed by atoms with E-state index in [9.17, 15) is 20.0 Å². The molecular formula is C7H7N3O4S. The van der Waals surface area contributed by atoms with Gasteiger partial charge in [0.15, 0.2) is 0 Å². The number of thiol groups is 1. The number of phenols is 1. The molecule has 0 aliphatic rings. The number of anilines is 1. The Morgan fingerprint density at radius 3 is 2.67 bits per heavy atom. The van der Waals surface area contributed by atoms with Gasteiger partial charge in [0, 0.05) is 12.1 Å². The zero-order valence-corrected chi connectivity index (χ0v) is 8.19. The van der Waals surface area contributed by atoms with Gasteiger partial charge in [0.25, 0.3) is 11.6 Å². The monoisotopic (exact) mass is 229 g/mol. The van der Waals surface area contributed by atoms with Crippen LogP contribution in [0.15, 0.2) is 12.1 Å². The number of benzene rings is 1. The van der Waals surface area contributed by atoms with Crippen LogP contribution in [0.1, 0.15) is 10.4 Å². The maximum Gasteiger partial charge on any atom is 0.293 e. The van der Waals surface area contributed by atoms with Crippen LogP contribution >= 0.6 is 12.8 Å². The second-order valence-electron chi connectivity index (χ2n) is 2.63. The Kier molecular flexibility index (Phi) is 3.00. The minimum absolute atomic E-state index is 0.215. The van der Waals surface area contributed by atoms with Crippen LogP contribution in [0.4, 0.5) is 11.4 Å². The molecule has 0 spiro atoms. The first kappa shape index (κ1) is 11.1. The maximum absolute atomic E-state index is 11.1. The van der Waals surface area contributed by atoms with E-state index in [1.165, 1.54) is 0 Å². The lowest BCUT2D eigenvalue weighted by molar-refractivity contribution is -0.383. The van der Waals surface area contributed by atoms with Crippen molar-refractivity contribution >= 4 is 30.1 Å². The molecule has 15 heavy (non-hydrogen) atoms. The second kappa shape index (κ2) is 4.05. The van der Waals surface area contributed by atoms with E-state index in [1.807, 2.05) is 4.72 Å². The molecule has 7 nitrogen and oxygen atoms in total. The van der Waals surface area contributed by atoms with Gasteiger partial charge in [-0.2, -0.15) is 0 Å². The van der Waals surface area contributed by atoms with E-state index in [0.717, 1.165) is 12.1 Å². The predicted molar refractivity (Wildman–Crippen MR) is 55.6 cm³/mol. The second-order valence-corrected chi connectivity index (χ2v) is 2.85. The smallest absolute Gasteiger partial charge is 0.293 e. The highest BCUT2D eigenvalue weighted by Crippen LogP contribution is 2.29. The van der Waals surface area contributed by atoms with Crippen LogP contribution in [-0.4, -0.2) is 15.9 Å². The number of nitrogens with zero attached hydrogens (tertiary/aromatic N) is 1. The number of carbonyl (C=O) groups excluding carboxylic acids is 1. The molecule has 80 valence electrons. The summed E-state index contributed by atoms with van der Waals surface area (Å²) in [5.74, 6) is -1.19. The number of nitro benzene ring substituents is 1. The molecule has 8 heteroatoms. The zero-order valence-electron chi connectivity index (χ0n) is 7.30. The molecule has 0 saturated heterocycles. The maximum atomic E-state index is 11.1. The van der Waals surface area contributed by atoms with Crippen LogP contribution in [-0.2, 0) is 0 Å². The van der Waals surface area contributed by atoms with Crippen LogP contribution in [0.25, 0.3) is 0 Å². The Morgan fingerprint density at radius 1 is 1.60 bits per heavy atom. The number of carbonyl (C=O) groups is 1. The number of rotatable bonds is 2. The van der Waals surface area contributed by atoms with E-state index >= 15 is 0 Å². The lowest BCUT2D eigenvalue weighted by Gasteiger charge is -2.04. The molecule has 0 aliphatic carbocycles. The van der Waals surface area contributed by atoms with Crippen molar-refractivity contribution in [2.75, 3.05) is 5.73 Å². The minimum atomic E-state index is -0.751. The largest absolute Gasteiger partial charge is 0.507 e. The topological polar surface area (TPSA) is 118 Å². The summed E-state index contributed by atoms with van der Waals surface area (Å²) >= 11 is 3.47. The Labute approximate surface area is 89.6 Å². The first-order valence-corrected chi connectivity index (χ1v) is 4.13. The molecule has 0 radical (unpaired) electrons. The molecule has 0 fully saturated rings. The summed E-state index contributed by atoms with van der Waals surface area (Å²) in [6.45, 7) is 0. The van der Waals surface area contributed by atoms with Crippen LogP contribution in [0, 0.1) is 10.1 Å². The molecule has 1 aromatic rings. The number of nitrogen functional groups attached to an aromatic ring is 1. The molecule has 0 atom stereocenters. The summed E-state index contributed by atoms with van der Waals surface area (Å²) in [5.41, 5.74) is 4.36. The number of phenolic OH excluding ortho intramolecular Hbond substituents is 1. The van der Waals surface area contributed by atoms with E-state index < -0.39 is 22.3 Å². The molecule has 0 bridgehead atoms. The number of aromatic hydroxyl groups is 1. The van der Waals surface area contributed by atoms with Gasteiger partial charge in [-0.25, -0.2) is 0 Å². The Morgan fingerprint density at radius 2 is 2.20 bits per heavy atom. The molecule has 0 aliphatic heterocycles. The van der Waals surface area contributed by atoms with Crippen molar-refractivity contribution in [3.05, 3.63) is 27.8 Å². The molecule has 0 heterocycles. The summed E-state index contributed by atoms with van der Waals surface area (Å²) in [7, 11) is 0. The highest BCUT2D eigenvalue weighted by molar-refractivity contribution is 7.78. The number of hydrogen-bond donors (Lipinski definition) is 4.